The molecule has 29 heavy (non-hydrogen) atoms. The minimum Gasteiger partial charge on any atom is -0.490 e. The number of carbonyl (C=O) groups excluding carboxylic acids is 2. The van der Waals surface area contributed by atoms with E-state index in [1.165, 1.54) is 0 Å². The third kappa shape index (κ3) is 8.60. The zero-order valence-electron chi connectivity index (χ0n) is 18.1. The molecule has 0 saturated heterocycles. The van der Waals surface area contributed by atoms with Crippen LogP contribution in [0.25, 0.3) is 0 Å². The van der Waals surface area contributed by atoms with Gasteiger partial charge in [0, 0.05) is 0 Å². The van der Waals surface area contributed by atoms with Crippen molar-refractivity contribution in [3.63, 3.8) is 0 Å². The molecule has 2 unspecified atom stereocenters. The Bertz CT molecular complexity index is 669. The van der Waals surface area contributed by atoms with Crippen molar-refractivity contribution in [1.29, 1.82) is 0 Å². The highest BCUT2D eigenvalue weighted by atomic mass is 16.6. The number of nitrogens with one attached hydrogen (secondary N) is 1. The number of aliphatic hydroxyl groups excluding tert-OH is 1. The SMILES string of the molecule is CCOC(=O)NC(Cc1ccc(OCC)c(OCC)c1)C(O)C(=O)OC(C)(C)C. The summed E-state index contributed by atoms with van der Waals surface area (Å²) in [4.78, 5) is 24.3. The number of aliphatic hydroxyl groups is 1. The van der Waals surface area contributed by atoms with Gasteiger partial charge in [-0.2, -0.15) is 0 Å². The average molecular weight is 411 g/mol. The Balaban J connectivity index is 3.08. The maximum Gasteiger partial charge on any atom is 0.407 e. The van der Waals surface area contributed by atoms with Gasteiger partial charge in [-0.25, -0.2) is 9.59 Å². The Hall–Kier alpha value is -2.48. The summed E-state index contributed by atoms with van der Waals surface area (Å²) in [7, 11) is 0. The van der Waals surface area contributed by atoms with Crippen molar-refractivity contribution in [3.05, 3.63) is 23.8 Å². The van der Waals surface area contributed by atoms with Gasteiger partial charge >= 0.3 is 12.1 Å². The lowest BCUT2D eigenvalue weighted by molar-refractivity contribution is -0.166. The summed E-state index contributed by atoms with van der Waals surface area (Å²) < 4.78 is 21.3. The summed E-state index contributed by atoms with van der Waals surface area (Å²) >= 11 is 0. The molecular formula is C21H33NO7. The number of amides is 1. The predicted octanol–water partition coefficient (Wildman–Crippen LogP) is 2.84. The molecular weight excluding hydrogens is 378 g/mol. The molecule has 1 aromatic rings. The van der Waals surface area contributed by atoms with Crippen LogP contribution in [-0.2, 0) is 20.7 Å². The predicted molar refractivity (Wildman–Crippen MR) is 108 cm³/mol. The largest absolute Gasteiger partial charge is 0.490 e. The molecule has 0 aliphatic carbocycles. The zero-order chi connectivity index (χ0) is 22.0. The Labute approximate surface area is 172 Å². The van der Waals surface area contributed by atoms with Crippen LogP contribution >= 0.6 is 0 Å². The molecule has 0 aliphatic heterocycles. The van der Waals surface area contributed by atoms with Gasteiger partial charge in [-0.1, -0.05) is 6.07 Å². The maximum atomic E-state index is 12.3. The molecule has 164 valence electrons. The van der Waals surface area contributed by atoms with E-state index in [0.717, 1.165) is 5.56 Å². The van der Waals surface area contributed by atoms with Gasteiger partial charge in [-0.05, 0) is 65.7 Å². The summed E-state index contributed by atoms with van der Waals surface area (Å²) in [5.41, 5.74) is -0.0327. The van der Waals surface area contributed by atoms with E-state index in [2.05, 4.69) is 5.32 Å². The van der Waals surface area contributed by atoms with E-state index >= 15 is 0 Å². The Morgan fingerprint density at radius 2 is 1.66 bits per heavy atom. The second kappa shape index (κ2) is 11.5. The van der Waals surface area contributed by atoms with E-state index in [1.807, 2.05) is 13.8 Å². The van der Waals surface area contributed by atoms with E-state index in [0.29, 0.717) is 24.7 Å². The van der Waals surface area contributed by atoms with Crippen molar-refractivity contribution < 1.29 is 33.6 Å². The molecule has 1 aromatic carbocycles. The molecule has 8 nitrogen and oxygen atoms in total. The molecule has 0 aliphatic rings. The number of hydrogen-bond donors (Lipinski definition) is 2. The normalized spacial score (nSPS) is 13.2. The van der Waals surface area contributed by atoms with Gasteiger partial charge in [0.25, 0.3) is 0 Å². The second-order valence-electron chi connectivity index (χ2n) is 7.30. The molecule has 0 heterocycles. The number of benzene rings is 1. The minimum atomic E-state index is -1.57. The quantitative estimate of drug-likeness (QED) is 0.571. The van der Waals surface area contributed by atoms with Gasteiger partial charge in [0.1, 0.15) is 5.60 Å². The summed E-state index contributed by atoms with van der Waals surface area (Å²) in [6, 6.07) is 4.35. The van der Waals surface area contributed by atoms with Crippen LogP contribution in [0.5, 0.6) is 11.5 Å². The lowest BCUT2D eigenvalue weighted by atomic mass is 10.0. The van der Waals surface area contributed by atoms with Gasteiger partial charge in [-0.15, -0.1) is 0 Å². The Kier molecular flexibility index (Phi) is 9.74. The monoisotopic (exact) mass is 411 g/mol. The maximum absolute atomic E-state index is 12.3. The van der Waals surface area contributed by atoms with E-state index in [4.69, 9.17) is 18.9 Å². The zero-order valence-corrected chi connectivity index (χ0v) is 18.1. The number of hydrogen-bond acceptors (Lipinski definition) is 7. The molecule has 0 bridgehead atoms. The minimum absolute atomic E-state index is 0.158. The molecule has 0 spiro atoms. The summed E-state index contributed by atoms with van der Waals surface area (Å²) in [5.74, 6) is 0.324. The molecule has 2 N–H and O–H groups in total. The van der Waals surface area contributed by atoms with Gasteiger partial charge in [0.2, 0.25) is 0 Å². The van der Waals surface area contributed by atoms with Crippen LogP contribution in [0.2, 0.25) is 0 Å². The van der Waals surface area contributed by atoms with Crippen molar-refractivity contribution in [3.8, 4) is 11.5 Å². The van der Waals surface area contributed by atoms with Crippen LogP contribution in [-0.4, -0.2) is 54.7 Å². The topological polar surface area (TPSA) is 103 Å². The Morgan fingerprint density at radius 1 is 1.03 bits per heavy atom. The van der Waals surface area contributed by atoms with Crippen LogP contribution in [0.15, 0.2) is 18.2 Å². The number of carbonyl (C=O) groups is 2. The number of esters is 1. The van der Waals surface area contributed by atoms with Crippen LogP contribution in [0, 0.1) is 0 Å². The van der Waals surface area contributed by atoms with Gasteiger partial charge < -0.3 is 29.4 Å². The molecule has 0 saturated carbocycles. The highest BCUT2D eigenvalue weighted by molar-refractivity contribution is 5.77. The highest BCUT2D eigenvalue weighted by Gasteiger charge is 2.32. The first-order chi connectivity index (χ1) is 13.6. The fourth-order valence-electron chi connectivity index (χ4n) is 2.57. The number of ether oxygens (including phenoxy) is 4. The lowest BCUT2D eigenvalue weighted by Gasteiger charge is -2.27. The molecule has 0 fully saturated rings. The third-order valence-corrected chi connectivity index (χ3v) is 3.67. The fourth-order valence-corrected chi connectivity index (χ4v) is 2.57. The van der Waals surface area contributed by atoms with Crippen molar-refractivity contribution in [2.45, 2.75) is 65.7 Å². The summed E-state index contributed by atoms with van der Waals surface area (Å²) in [5, 5.41) is 13.1. The summed E-state index contributed by atoms with van der Waals surface area (Å²) in [6.07, 6.45) is -2.14. The second-order valence-corrected chi connectivity index (χ2v) is 7.30. The van der Waals surface area contributed by atoms with E-state index in [9.17, 15) is 14.7 Å². The first kappa shape index (κ1) is 24.6. The molecule has 1 amide bonds. The molecule has 8 heteroatoms. The van der Waals surface area contributed by atoms with Crippen LogP contribution in [0.4, 0.5) is 4.79 Å². The first-order valence-electron chi connectivity index (χ1n) is 9.83. The molecule has 0 aromatic heterocycles. The number of rotatable bonds is 10. The van der Waals surface area contributed by atoms with Gasteiger partial charge in [-0.3, -0.25) is 0 Å². The van der Waals surface area contributed by atoms with Crippen molar-refractivity contribution in [2.24, 2.45) is 0 Å². The smallest absolute Gasteiger partial charge is 0.407 e. The Morgan fingerprint density at radius 3 is 2.21 bits per heavy atom. The van der Waals surface area contributed by atoms with Crippen molar-refractivity contribution in [2.75, 3.05) is 19.8 Å². The van der Waals surface area contributed by atoms with E-state index in [1.54, 1.807) is 45.9 Å². The number of alkyl carbamates (subject to hydrolysis) is 1. The molecule has 2 atom stereocenters. The van der Waals surface area contributed by atoms with Crippen molar-refractivity contribution >= 4 is 12.1 Å². The fraction of sp³-hybridized carbons (Fsp3) is 0.619. The summed E-state index contributed by atoms with van der Waals surface area (Å²) in [6.45, 7) is 11.6. The first-order valence-corrected chi connectivity index (χ1v) is 9.83. The standard InChI is InChI=1S/C21H33NO7/c1-7-26-16-11-10-14(13-17(16)27-8-2)12-15(22-20(25)28-9-3)18(23)19(24)29-21(4,5)6/h10-11,13,15,18,23H,7-9,12H2,1-6H3,(H,22,25). The van der Waals surface area contributed by atoms with E-state index in [-0.39, 0.29) is 13.0 Å². The third-order valence-electron chi connectivity index (χ3n) is 3.67. The average Bonchev–Trinajstić information content (AvgIpc) is 2.62. The van der Waals surface area contributed by atoms with Gasteiger partial charge in [0.05, 0.1) is 25.9 Å². The molecule has 1 rings (SSSR count). The van der Waals surface area contributed by atoms with Crippen molar-refractivity contribution in [1.82, 2.24) is 5.32 Å². The molecule has 0 radical (unpaired) electrons. The lowest BCUT2D eigenvalue weighted by Crippen LogP contribution is -2.50. The van der Waals surface area contributed by atoms with Crippen LogP contribution < -0.4 is 14.8 Å². The van der Waals surface area contributed by atoms with Gasteiger partial charge in [0.15, 0.2) is 17.6 Å². The van der Waals surface area contributed by atoms with Crippen LogP contribution in [0.3, 0.4) is 0 Å². The highest BCUT2D eigenvalue weighted by Crippen LogP contribution is 2.29. The van der Waals surface area contributed by atoms with Crippen LogP contribution in [0.1, 0.15) is 47.1 Å². The van der Waals surface area contributed by atoms with E-state index < -0.39 is 29.8 Å².